The van der Waals surface area contributed by atoms with Crippen LogP contribution in [0.2, 0.25) is 5.15 Å². The van der Waals surface area contributed by atoms with Crippen molar-refractivity contribution in [3.05, 3.63) is 65.3 Å². The number of anilines is 1. The number of aromatic nitrogens is 3. The van der Waals surface area contributed by atoms with Crippen molar-refractivity contribution >= 4 is 23.3 Å². The molecule has 3 aromatic rings. The number of pyridine rings is 1. The molecule has 0 spiro atoms. The van der Waals surface area contributed by atoms with Crippen molar-refractivity contribution in [1.82, 2.24) is 19.4 Å². The molecule has 6 nitrogen and oxygen atoms in total. The van der Waals surface area contributed by atoms with E-state index in [9.17, 15) is 13.6 Å². The van der Waals surface area contributed by atoms with Crippen LogP contribution in [0.1, 0.15) is 5.69 Å². The van der Waals surface area contributed by atoms with Crippen molar-refractivity contribution in [3.63, 3.8) is 0 Å². The van der Waals surface area contributed by atoms with Crippen LogP contribution in [0.4, 0.5) is 19.3 Å². The summed E-state index contributed by atoms with van der Waals surface area (Å²) in [5.74, 6) is -1.34. The maximum Gasteiger partial charge on any atom is 0.322 e. The van der Waals surface area contributed by atoms with Gasteiger partial charge in [-0.1, -0.05) is 11.6 Å². The minimum Gasteiger partial charge on any atom is -0.331 e. The molecule has 138 valence electrons. The molecule has 1 N–H and O–H groups in total. The summed E-state index contributed by atoms with van der Waals surface area (Å²) in [7, 11) is 0. The number of nitrogens with zero attached hydrogens (tertiary/aromatic N) is 4. The van der Waals surface area contributed by atoms with Gasteiger partial charge < -0.3 is 14.8 Å². The molecular weight excluding hydrogens is 376 g/mol. The molecular formula is C18H14ClF2N5O. The molecule has 3 heterocycles. The van der Waals surface area contributed by atoms with Crippen LogP contribution in [0.25, 0.3) is 11.3 Å². The number of imidazole rings is 1. The third kappa shape index (κ3) is 3.48. The predicted octanol–water partition coefficient (Wildman–Crippen LogP) is 3.92. The van der Waals surface area contributed by atoms with E-state index < -0.39 is 11.6 Å². The van der Waals surface area contributed by atoms with Gasteiger partial charge in [0.2, 0.25) is 0 Å². The van der Waals surface area contributed by atoms with Crippen LogP contribution in [0.15, 0.2) is 42.9 Å². The summed E-state index contributed by atoms with van der Waals surface area (Å²) in [6.07, 6.45) is 3.10. The van der Waals surface area contributed by atoms with E-state index in [2.05, 4.69) is 15.3 Å². The molecule has 0 atom stereocenters. The monoisotopic (exact) mass is 389 g/mol. The summed E-state index contributed by atoms with van der Waals surface area (Å²) in [5.41, 5.74) is 1.82. The standard InChI is InChI=1S/C18H14ClF2N5O/c19-16-8-12(3-4-22-16)24-18(27)25-5-6-26-10-23-17(15(26)9-25)13-2-1-11(20)7-14(13)21/h1-4,7-8,10H,5-6,9H2,(H,22,24,27). The summed E-state index contributed by atoms with van der Waals surface area (Å²) in [5, 5.41) is 3.04. The number of fused-ring (bicyclic) bond motifs is 1. The van der Waals surface area contributed by atoms with E-state index in [4.69, 9.17) is 11.6 Å². The van der Waals surface area contributed by atoms with Crippen LogP contribution in [0.3, 0.4) is 0 Å². The second-order valence-corrected chi connectivity index (χ2v) is 6.46. The molecule has 0 radical (unpaired) electrons. The number of nitrogens with one attached hydrogen (secondary N) is 1. The molecule has 0 saturated heterocycles. The molecule has 27 heavy (non-hydrogen) atoms. The lowest BCUT2D eigenvalue weighted by molar-refractivity contribution is 0.197. The van der Waals surface area contributed by atoms with Crippen molar-refractivity contribution in [2.45, 2.75) is 13.1 Å². The van der Waals surface area contributed by atoms with Gasteiger partial charge in [0, 0.05) is 36.6 Å². The molecule has 1 aromatic carbocycles. The predicted molar refractivity (Wildman–Crippen MR) is 96.3 cm³/mol. The first-order valence-electron chi connectivity index (χ1n) is 8.18. The Kier molecular flexibility index (Phi) is 4.49. The van der Waals surface area contributed by atoms with Gasteiger partial charge in [0.25, 0.3) is 0 Å². The molecule has 9 heteroatoms. The largest absolute Gasteiger partial charge is 0.331 e. The van der Waals surface area contributed by atoms with Gasteiger partial charge in [-0.15, -0.1) is 0 Å². The lowest BCUT2D eigenvalue weighted by Gasteiger charge is -2.29. The second-order valence-electron chi connectivity index (χ2n) is 6.08. The number of benzene rings is 1. The van der Waals surface area contributed by atoms with Gasteiger partial charge in [-0.3, -0.25) is 0 Å². The van der Waals surface area contributed by atoms with Gasteiger partial charge in [-0.05, 0) is 24.3 Å². The fraction of sp³-hybridized carbons (Fsp3) is 0.167. The summed E-state index contributed by atoms with van der Waals surface area (Å²) >= 11 is 5.83. The second kappa shape index (κ2) is 6.96. The summed E-state index contributed by atoms with van der Waals surface area (Å²) in [6, 6.07) is 6.23. The molecule has 0 saturated carbocycles. The summed E-state index contributed by atoms with van der Waals surface area (Å²) in [6.45, 7) is 1.24. The fourth-order valence-electron chi connectivity index (χ4n) is 3.02. The third-order valence-electron chi connectivity index (χ3n) is 4.35. The van der Waals surface area contributed by atoms with Gasteiger partial charge in [-0.25, -0.2) is 23.5 Å². The van der Waals surface area contributed by atoms with Crippen molar-refractivity contribution in [3.8, 4) is 11.3 Å². The van der Waals surface area contributed by atoms with Crippen LogP contribution >= 0.6 is 11.6 Å². The minimum absolute atomic E-state index is 0.202. The highest BCUT2D eigenvalue weighted by molar-refractivity contribution is 6.29. The van der Waals surface area contributed by atoms with Gasteiger partial charge in [0.15, 0.2) is 0 Å². The number of hydrogen-bond acceptors (Lipinski definition) is 3. The maximum absolute atomic E-state index is 14.2. The number of amides is 2. The Balaban J connectivity index is 1.57. The lowest BCUT2D eigenvalue weighted by Crippen LogP contribution is -2.40. The molecule has 2 amide bonds. The van der Waals surface area contributed by atoms with Crippen LogP contribution in [0, 0.1) is 11.6 Å². The molecule has 0 fully saturated rings. The molecule has 0 aliphatic carbocycles. The lowest BCUT2D eigenvalue weighted by atomic mass is 10.1. The smallest absolute Gasteiger partial charge is 0.322 e. The van der Waals surface area contributed by atoms with Crippen molar-refractivity contribution in [2.75, 3.05) is 11.9 Å². The average molecular weight is 390 g/mol. The normalized spacial score (nSPS) is 13.4. The number of halogens is 3. The maximum atomic E-state index is 14.2. The molecule has 0 bridgehead atoms. The zero-order valence-electron chi connectivity index (χ0n) is 14.0. The Morgan fingerprint density at radius 1 is 1.15 bits per heavy atom. The zero-order chi connectivity index (χ0) is 19.0. The Morgan fingerprint density at radius 3 is 2.78 bits per heavy atom. The first-order chi connectivity index (χ1) is 13.0. The highest BCUT2D eigenvalue weighted by atomic mass is 35.5. The number of hydrogen-bond donors (Lipinski definition) is 1. The zero-order valence-corrected chi connectivity index (χ0v) is 14.7. The van der Waals surface area contributed by atoms with Gasteiger partial charge in [-0.2, -0.15) is 0 Å². The minimum atomic E-state index is -0.690. The molecule has 2 aromatic heterocycles. The van der Waals surface area contributed by atoms with Crippen molar-refractivity contribution in [1.29, 1.82) is 0 Å². The highest BCUT2D eigenvalue weighted by Gasteiger charge is 2.25. The van der Waals surface area contributed by atoms with Gasteiger partial charge in [0.05, 0.1) is 24.3 Å². The van der Waals surface area contributed by atoms with Crippen LogP contribution in [-0.4, -0.2) is 32.0 Å². The number of carbonyl (C=O) groups is 1. The summed E-state index contributed by atoms with van der Waals surface area (Å²) < 4.78 is 29.2. The third-order valence-corrected chi connectivity index (χ3v) is 4.56. The quantitative estimate of drug-likeness (QED) is 0.675. The van der Waals surface area contributed by atoms with Crippen molar-refractivity contribution in [2.24, 2.45) is 0 Å². The van der Waals surface area contributed by atoms with Crippen LogP contribution < -0.4 is 5.32 Å². The van der Waals surface area contributed by atoms with E-state index in [1.807, 2.05) is 4.57 Å². The van der Waals surface area contributed by atoms with Crippen LogP contribution in [-0.2, 0) is 13.1 Å². The Hall–Kier alpha value is -3.00. The summed E-state index contributed by atoms with van der Waals surface area (Å²) in [4.78, 5) is 22.3. The number of carbonyl (C=O) groups excluding carboxylic acids is 1. The Labute approximate surface area is 158 Å². The molecule has 1 aliphatic rings. The van der Waals surface area contributed by atoms with E-state index >= 15 is 0 Å². The van der Waals surface area contributed by atoms with E-state index in [0.717, 1.165) is 6.07 Å². The average Bonchev–Trinajstić information content (AvgIpc) is 3.05. The topological polar surface area (TPSA) is 63.1 Å². The molecule has 0 unspecified atom stereocenters. The SMILES string of the molecule is O=C(Nc1ccnc(Cl)c1)N1CCn2cnc(-c3ccc(F)cc3F)c2C1. The Morgan fingerprint density at radius 2 is 2.00 bits per heavy atom. The number of urea groups is 1. The van der Waals surface area contributed by atoms with Gasteiger partial charge >= 0.3 is 6.03 Å². The van der Waals surface area contributed by atoms with E-state index in [1.165, 1.54) is 18.3 Å². The first-order valence-corrected chi connectivity index (χ1v) is 8.56. The first kappa shape index (κ1) is 17.4. The highest BCUT2D eigenvalue weighted by Crippen LogP contribution is 2.28. The number of rotatable bonds is 2. The van der Waals surface area contributed by atoms with E-state index in [1.54, 1.807) is 23.4 Å². The molecule has 1 aliphatic heterocycles. The fourth-order valence-corrected chi connectivity index (χ4v) is 3.19. The molecule has 4 rings (SSSR count). The van der Waals surface area contributed by atoms with Crippen LogP contribution in [0.5, 0.6) is 0 Å². The van der Waals surface area contributed by atoms with Crippen molar-refractivity contribution < 1.29 is 13.6 Å². The van der Waals surface area contributed by atoms with Gasteiger partial charge in [0.1, 0.15) is 16.8 Å². The Bertz CT molecular complexity index is 1020. The van der Waals surface area contributed by atoms with E-state index in [-0.39, 0.29) is 23.3 Å². The van der Waals surface area contributed by atoms with E-state index in [0.29, 0.717) is 30.2 Å².